The Morgan fingerprint density at radius 2 is 0.574 bits per heavy atom. The van der Waals surface area contributed by atoms with Crippen LogP contribution in [0.1, 0.15) is 297 Å². The summed E-state index contributed by atoms with van der Waals surface area (Å²) in [6, 6.07) is 0. The van der Waals surface area contributed by atoms with Crippen molar-refractivity contribution >= 4 is 17.9 Å². The van der Waals surface area contributed by atoms with E-state index >= 15 is 0 Å². The molecule has 0 saturated heterocycles. The topological polar surface area (TPSA) is 78.9 Å². The summed E-state index contributed by atoms with van der Waals surface area (Å²) in [5, 5.41) is 0. The maximum absolute atomic E-state index is 12.9. The van der Waals surface area contributed by atoms with Crippen LogP contribution in [-0.2, 0) is 28.6 Å². The molecular weight excluding hydrogens is 841 g/mol. The quantitative estimate of drug-likeness (QED) is 0.0262. The minimum atomic E-state index is -0.781. The molecule has 0 aliphatic rings. The van der Waals surface area contributed by atoms with Crippen LogP contribution in [0.25, 0.3) is 0 Å². The van der Waals surface area contributed by atoms with Gasteiger partial charge in [0.2, 0.25) is 0 Å². The number of esters is 3. The highest BCUT2D eigenvalue weighted by Gasteiger charge is 2.19. The molecule has 68 heavy (non-hydrogen) atoms. The summed E-state index contributed by atoms with van der Waals surface area (Å²) in [6.07, 6.45) is 70.7. The second-order valence-electron chi connectivity index (χ2n) is 19.5. The number of hydrogen-bond donors (Lipinski definition) is 0. The number of unbranched alkanes of at least 4 members (excludes halogenated alkanes) is 32. The first-order chi connectivity index (χ1) is 33.5. The highest BCUT2D eigenvalue weighted by atomic mass is 16.6. The molecule has 0 aliphatic heterocycles. The summed E-state index contributed by atoms with van der Waals surface area (Å²) in [5.74, 6) is -0.885. The molecule has 0 aromatic carbocycles. The molecule has 394 valence electrons. The van der Waals surface area contributed by atoms with Crippen molar-refractivity contribution in [3.05, 3.63) is 60.8 Å². The zero-order valence-electron chi connectivity index (χ0n) is 45.1. The molecule has 0 spiro atoms. The fraction of sp³-hybridized carbons (Fsp3) is 0.790. The molecular formula is C62H110O6. The molecule has 0 rings (SSSR count). The number of ether oxygens (including phenoxy) is 3. The number of carbonyl (C=O) groups is 3. The molecule has 0 N–H and O–H groups in total. The van der Waals surface area contributed by atoms with Crippen molar-refractivity contribution in [2.24, 2.45) is 0 Å². The highest BCUT2D eigenvalue weighted by molar-refractivity contribution is 5.71. The Labute approximate surface area is 421 Å². The lowest BCUT2D eigenvalue weighted by Gasteiger charge is -2.18. The van der Waals surface area contributed by atoms with Gasteiger partial charge in [0.25, 0.3) is 0 Å². The van der Waals surface area contributed by atoms with E-state index in [-0.39, 0.29) is 31.1 Å². The minimum Gasteiger partial charge on any atom is -0.462 e. The van der Waals surface area contributed by atoms with Crippen molar-refractivity contribution in [1.82, 2.24) is 0 Å². The SMILES string of the molecule is CC/C=C\C/C=C\C/C=C\C/C=C\CCCCCCCCC(=O)OCC(COC(=O)CCCCCCCCCCCCCC)OC(=O)CCCCCCCCC/C=C\CCCCCCCCCC. The zero-order chi connectivity index (χ0) is 49.3. The Hall–Kier alpha value is -2.89. The summed E-state index contributed by atoms with van der Waals surface area (Å²) >= 11 is 0. The maximum Gasteiger partial charge on any atom is 0.306 e. The third kappa shape index (κ3) is 54.1. The number of hydrogen-bond acceptors (Lipinski definition) is 6. The number of allylic oxidation sites excluding steroid dienone is 10. The van der Waals surface area contributed by atoms with Crippen LogP contribution >= 0.6 is 0 Å². The molecule has 0 aromatic rings. The molecule has 6 heteroatoms. The molecule has 0 aliphatic carbocycles. The van der Waals surface area contributed by atoms with Crippen molar-refractivity contribution in [3.63, 3.8) is 0 Å². The van der Waals surface area contributed by atoms with Gasteiger partial charge >= 0.3 is 17.9 Å². The van der Waals surface area contributed by atoms with Crippen LogP contribution in [-0.4, -0.2) is 37.2 Å². The van der Waals surface area contributed by atoms with Gasteiger partial charge in [-0.3, -0.25) is 14.4 Å². The Kier molecular flexibility index (Phi) is 54.3. The van der Waals surface area contributed by atoms with Gasteiger partial charge in [-0.1, -0.05) is 255 Å². The van der Waals surface area contributed by atoms with Crippen LogP contribution in [0.5, 0.6) is 0 Å². The van der Waals surface area contributed by atoms with Gasteiger partial charge in [-0.15, -0.1) is 0 Å². The largest absolute Gasteiger partial charge is 0.462 e. The zero-order valence-corrected chi connectivity index (χ0v) is 45.1. The van der Waals surface area contributed by atoms with Crippen molar-refractivity contribution in [2.75, 3.05) is 13.2 Å². The lowest BCUT2D eigenvalue weighted by atomic mass is 10.0. The van der Waals surface area contributed by atoms with E-state index in [0.29, 0.717) is 19.3 Å². The lowest BCUT2D eigenvalue weighted by molar-refractivity contribution is -0.167. The molecule has 0 radical (unpaired) electrons. The molecule has 0 fully saturated rings. The lowest BCUT2D eigenvalue weighted by Crippen LogP contribution is -2.30. The van der Waals surface area contributed by atoms with E-state index in [0.717, 1.165) is 89.9 Å². The van der Waals surface area contributed by atoms with Crippen LogP contribution in [0.15, 0.2) is 60.8 Å². The third-order valence-electron chi connectivity index (χ3n) is 12.8. The minimum absolute atomic E-state index is 0.0780. The van der Waals surface area contributed by atoms with Crippen molar-refractivity contribution < 1.29 is 28.6 Å². The van der Waals surface area contributed by atoms with Crippen molar-refractivity contribution in [2.45, 2.75) is 303 Å². The molecule has 1 unspecified atom stereocenters. The molecule has 6 nitrogen and oxygen atoms in total. The van der Waals surface area contributed by atoms with E-state index in [2.05, 4.69) is 81.5 Å². The van der Waals surface area contributed by atoms with Crippen LogP contribution in [0.3, 0.4) is 0 Å². The second-order valence-corrected chi connectivity index (χ2v) is 19.5. The Bertz CT molecular complexity index is 1230. The normalized spacial score (nSPS) is 12.5. The Morgan fingerprint density at radius 3 is 0.912 bits per heavy atom. The number of carbonyl (C=O) groups excluding carboxylic acids is 3. The van der Waals surface area contributed by atoms with Crippen molar-refractivity contribution in [1.29, 1.82) is 0 Å². The molecule has 0 amide bonds. The van der Waals surface area contributed by atoms with E-state index in [1.165, 1.54) is 167 Å². The van der Waals surface area contributed by atoms with E-state index in [4.69, 9.17) is 14.2 Å². The fourth-order valence-corrected chi connectivity index (χ4v) is 8.37. The fourth-order valence-electron chi connectivity index (χ4n) is 8.37. The Balaban J connectivity index is 4.36. The predicted molar refractivity (Wildman–Crippen MR) is 293 cm³/mol. The van der Waals surface area contributed by atoms with Crippen LogP contribution in [0, 0.1) is 0 Å². The molecule has 0 bridgehead atoms. The van der Waals surface area contributed by atoms with E-state index < -0.39 is 6.10 Å². The second kappa shape index (κ2) is 56.7. The Morgan fingerprint density at radius 1 is 0.309 bits per heavy atom. The van der Waals surface area contributed by atoms with Gasteiger partial charge in [0, 0.05) is 19.3 Å². The van der Waals surface area contributed by atoms with Gasteiger partial charge < -0.3 is 14.2 Å². The van der Waals surface area contributed by atoms with Crippen LogP contribution in [0.2, 0.25) is 0 Å². The molecule has 0 heterocycles. The average Bonchev–Trinajstić information content (AvgIpc) is 3.34. The van der Waals surface area contributed by atoms with Gasteiger partial charge in [-0.05, 0) is 83.5 Å². The smallest absolute Gasteiger partial charge is 0.306 e. The predicted octanol–water partition coefficient (Wildman–Crippen LogP) is 19.6. The van der Waals surface area contributed by atoms with E-state index in [1.807, 2.05) is 0 Å². The van der Waals surface area contributed by atoms with Gasteiger partial charge in [0.1, 0.15) is 13.2 Å². The average molecular weight is 952 g/mol. The van der Waals surface area contributed by atoms with Gasteiger partial charge in [0.15, 0.2) is 6.10 Å². The summed E-state index contributed by atoms with van der Waals surface area (Å²) in [5.41, 5.74) is 0. The van der Waals surface area contributed by atoms with Crippen LogP contribution < -0.4 is 0 Å². The summed E-state index contributed by atoms with van der Waals surface area (Å²) in [6.45, 7) is 6.54. The first-order valence-corrected chi connectivity index (χ1v) is 29.3. The molecule has 1 atom stereocenters. The first kappa shape index (κ1) is 65.1. The number of rotatable bonds is 53. The standard InChI is InChI=1S/C62H110O6/c1-4-7-10-13-16-19-22-25-27-29-31-33-35-37-40-43-46-49-52-55-61(64)67-58-59(57-66-60(63)54-51-48-45-42-39-24-21-18-15-12-9-6-3)68-62(65)56-53-50-47-44-41-38-36-34-32-30-28-26-23-20-17-14-11-8-5-2/h7,10,16,19,25,27,30-33,59H,4-6,8-9,11-15,17-18,20-24,26,28-29,34-58H2,1-3H3/b10-7-,19-16-,27-25-,32-30-,33-31-. The van der Waals surface area contributed by atoms with Crippen molar-refractivity contribution in [3.8, 4) is 0 Å². The van der Waals surface area contributed by atoms with E-state index in [1.54, 1.807) is 0 Å². The van der Waals surface area contributed by atoms with Crippen LogP contribution in [0.4, 0.5) is 0 Å². The molecule has 0 saturated carbocycles. The molecule has 0 aromatic heterocycles. The summed E-state index contributed by atoms with van der Waals surface area (Å²) < 4.78 is 16.9. The van der Waals surface area contributed by atoms with Gasteiger partial charge in [-0.2, -0.15) is 0 Å². The van der Waals surface area contributed by atoms with Gasteiger partial charge in [-0.25, -0.2) is 0 Å². The van der Waals surface area contributed by atoms with E-state index in [9.17, 15) is 14.4 Å². The van der Waals surface area contributed by atoms with Gasteiger partial charge in [0.05, 0.1) is 0 Å². The monoisotopic (exact) mass is 951 g/mol. The summed E-state index contributed by atoms with van der Waals surface area (Å²) in [4.78, 5) is 38.2. The summed E-state index contributed by atoms with van der Waals surface area (Å²) in [7, 11) is 0. The maximum atomic E-state index is 12.9. The highest BCUT2D eigenvalue weighted by Crippen LogP contribution is 2.16. The first-order valence-electron chi connectivity index (χ1n) is 29.3. The third-order valence-corrected chi connectivity index (χ3v) is 12.8.